The third kappa shape index (κ3) is 2.11. The number of halogens is 2. The number of hydrogen-bond acceptors (Lipinski definition) is 2. The predicted octanol–water partition coefficient (Wildman–Crippen LogP) is 3.66. The second-order valence-electron chi connectivity index (χ2n) is 4.03. The summed E-state index contributed by atoms with van der Waals surface area (Å²) in [6, 6.07) is 3.06. The van der Waals surface area contributed by atoms with Crippen LogP contribution in [0.4, 0.5) is 10.1 Å². The van der Waals surface area contributed by atoms with E-state index in [9.17, 15) is 9.18 Å². The number of benzene rings is 1. The van der Waals surface area contributed by atoms with Crippen LogP contribution in [0.25, 0.3) is 0 Å². The summed E-state index contributed by atoms with van der Waals surface area (Å²) < 4.78 is 13.7. The minimum atomic E-state index is -0.359. The fraction of sp³-hybridized carbons (Fsp3) is 0.364. The average Bonchev–Trinajstić information content (AvgIpc) is 2.19. The zero-order chi connectivity index (χ0) is 11.9. The molecule has 16 heavy (non-hydrogen) atoms. The van der Waals surface area contributed by atoms with E-state index in [0.29, 0.717) is 10.2 Å². The van der Waals surface area contributed by atoms with Crippen LogP contribution in [0.3, 0.4) is 0 Å². The van der Waals surface area contributed by atoms with E-state index >= 15 is 0 Å². The Morgan fingerprint density at radius 2 is 2.19 bits per heavy atom. The molecule has 0 saturated carbocycles. The highest BCUT2D eigenvalue weighted by Gasteiger charge is 2.29. The van der Waals surface area contributed by atoms with E-state index < -0.39 is 0 Å². The SMILES string of the molecule is CC(C)C1Sc2cc(Br)c(F)cc2NC1=O. The van der Waals surface area contributed by atoms with Gasteiger partial charge in [-0.05, 0) is 34.0 Å². The molecule has 1 amide bonds. The molecule has 1 unspecified atom stereocenters. The Morgan fingerprint density at radius 1 is 1.50 bits per heavy atom. The Balaban J connectivity index is 2.39. The number of carbonyl (C=O) groups excluding carboxylic acids is 1. The number of amides is 1. The first kappa shape index (κ1) is 11.9. The van der Waals surface area contributed by atoms with E-state index in [1.807, 2.05) is 13.8 Å². The van der Waals surface area contributed by atoms with Crippen molar-refractivity contribution in [1.29, 1.82) is 0 Å². The zero-order valence-electron chi connectivity index (χ0n) is 8.88. The molecule has 86 valence electrons. The Morgan fingerprint density at radius 3 is 2.81 bits per heavy atom. The van der Waals surface area contributed by atoms with Crippen LogP contribution in [-0.4, -0.2) is 11.2 Å². The third-order valence-electron chi connectivity index (χ3n) is 2.40. The van der Waals surface area contributed by atoms with Crippen LogP contribution in [0.5, 0.6) is 0 Å². The van der Waals surface area contributed by atoms with E-state index in [4.69, 9.17) is 0 Å². The molecule has 1 atom stereocenters. The highest BCUT2D eigenvalue weighted by Crippen LogP contribution is 2.40. The molecule has 2 rings (SSSR count). The average molecular weight is 304 g/mol. The minimum absolute atomic E-state index is 0.0470. The molecule has 1 heterocycles. The van der Waals surface area contributed by atoms with Crippen LogP contribution in [0.2, 0.25) is 0 Å². The molecule has 2 nitrogen and oxygen atoms in total. The van der Waals surface area contributed by atoms with Crippen molar-refractivity contribution in [3.8, 4) is 0 Å². The minimum Gasteiger partial charge on any atom is -0.324 e. The molecule has 0 spiro atoms. The number of rotatable bonds is 1. The number of carbonyl (C=O) groups is 1. The fourth-order valence-electron chi connectivity index (χ4n) is 1.56. The van der Waals surface area contributed by atoms with Crippen LogP contribution in [0.15, 0.2) is 21.5 Å². The molecule has 0 aliphatic carbocycles. The monoisotopic (exact) mass is 303 g/mol. The van der Waals surface area contributed by atoms with Crippen molar-refractivity contribution in [2.45, 2.75) is 24.0 Å². The maximum atomic E-state index is 13.3. The van der Waals surface area contributed by atoms with Crippen LogP contribution in [0.1, 0.15) is 13.8 Å². The smallest absolute Gasteiger partial charge is 0.238 e. The molecular formula is C11H11BrFNOS. The van der Waals surface area contributed by atoms with E-state index in [1.165, 1.54) is 17.8 Å². The molecule has 0 radical (unpaired) electrons. The fourth-order valence-corrected chi connectivity index (χ4v) is 3.19. The summed E-state index contributed by atoms with van der Waals surface area (Å²) in [6.45, 7) is 4.00. The van der Waals surface area contributed by atoms with E-state index in [0.717, 1.165) is 4.90 Å². The maximum Gasteiger partial charge on any atom is 0.238 e. The Kier molecular flexibility index (Phi) is 3.26. The third-order valence-corrected chi connectivity index (χ3v) is 4.61. The van der Waals surface area contributed by atoms with Gasteiger partial charge in [-0.3, -0.25) is 4.79 Å². The lowest BCUT2D eigenvalue weighted by Crippen LogP contribution is -2.32. The second-order valence-corrected chi connectivity index (χ2v) is 6.07. The Bertz CT molecular complexity index is 450. The maximum absolute atomic E-state index is 13.3. The quantitative estimate of drug-likeness (QED) is 0.858. The first-order valence-corrected chi connectivity index (χ1v) is 6.63. The summed E-state index contributed by atoms with van der Waals surface area (Å²) in [5.41, 5.74) is 0.563. The van der Waals surface area contributed by atoms with Gasteiger partial charge < -0.3 is 5.32 Å². The first-order valence-electron chi connectivity index (χ1n) is 4.95. The van der Waals surface area contributed by atoms with Gasteiger partial charge in [-0.25, -0.2) is 4.39 Å². The lowest BCUT2D eigenvalue weighted by atomic mass is 10.1. The molecule has 0 aromatic heterocycles. The molecular weight excluding hydrogens is 293 g/mol. The van der Waals surface area contributed by atoms with Gasteiger partial charge in [0.1, 0.15) is 5.82 Å². The molecule has 0 saturated heterocycles. The Labute approximate surface area is 106 Å². The zero-order valence-corrected chi connectivity index (χ0v) is 11.3. The number of fused-ring (bicyclic) bond motifs is 1. The number of anilines is 1. The van der Waals surface area contributed by atoms with Gasteiger partial charge in [-0.1, -0.05) is 13.8 Å². The molecule has 1 aromatic rings. The summed E-state index contributed by atoms with van der Waals surface area (Å²) in [5, 5.41) is 2.63. The normalized spacial score (nSPS) is 19.6. The topological polar surface area (TPSA) is 29.1 Å². The van der Waals surface area contributed by atoms with Crippen molar-refractivity contribution in [3.63, 3.8) is 0 Å². The van der Waals surface area contributed by atoms with Crippen LogP contribution in [-0.2, 0) is 4.79 Å². The van der Waals surface area contributed by atoms with Crippen molar-refractivity contribution >= 4 is 39.3 Å². The van der Waals surface area contributed by atoms with Crippen LogP contribution in [0, 0.1) is 11.7 Å². The summed E-state index contributed by atoms with van der Waals surface area (Å²) >= 11 is 4.63. The molecule has 0 fully saturated rings. The standard InChI is InChI=1S/C11H11BrFNOS/c1-5(2)10-11(15)14-8-4-7(13)6(12)3-9(8)16-10/h3-5,10H,1-2H3,(H,14,15). The number of thioether (sulfide) groups is 1. The summed E-state index contributed by atoms with van der Waals surface area (Å²) in [7, 11) is 0. The largest absolute Gasteiger partial charge is 0.324 e. The molecule has 1 aromatic carbocycles. The van der Waals surface area contributed by atoms with Crippen molar-refractivity contribution in [2.24, 2.45) is 5.92 Å². The van der Waals surface area contributed by atoms with Crippen LogP contribution >= 0.6 is 27.7 Å². The second kappa shape index (κ2) is 4.37. The Hall–Kier alpha value is -0.550. The molecule has 5 heteroatoms. The predicted molar refractivity (Wildman–Crippen MR) is 67.2 cm³/mol. The van der Waals surface area contributed by atoms with Gasteiger partial charge in [-0.2, -0.15) is 0 Å². The first-order chi connectivity index (χ1) is 7.49. The van der Waals surface area contributed by atoms with Crippen LogP contribution < -0.4 is 5.32 Å². The van der Waals surface area contributed by atoms with Gasteiger partial charge >= 0.3 is 0 Å². The van der Waals surface area contributed by atoms with Gasteiger partial charge in [0.15, 0.2) is 0 Å². The van der Waals surface area contributed by atoms with Crippen molar-refractivity contribution < 1.29 is 9.18 Å². The van der Waals surface area contributed by atoms with Gasteiger partial charge in [-0.15, -0.1) is 11.8 Å². The summed E-state index contributed by atoms with van der Waals surface area (Å²) in [4.78, 5) is 12.6. The molecule has 1 aliphatic heterocycles. The van der Waals surface area contributed by atoms with Gasteiger partial charge in [0.25, 0.3) is 0 Å². The van der Waals surface area contributed by atoms with Crippen molar-refractivity contribution in [2.75, 3.05) is 5.32 Å². The van der Waals surface area contributed by atoms with E-state index in [-0.39, 0.29) is 22.9 Å². The van der Waals surface area contributed by atoms with Crippen molar-refractivity contribution in [1.82, 2.24) is 0 Å². The number of hydrogen-bond donors (Lipinski definition) is 1. The molecule has 0 bridgehead atoms. The van der Waals surface area contributed by atoms with E-state index in [2.05, 4.69) is 21.2 Å². The van der Waals surface area contributed by atoms with Crippen molar-refractivity contribution in [3.05, 3.63) is 22.4 Å². The highest BCUT2D eigenvalue weighted by molar-refractivity contribution is 9.10. The summed E-state index contributed by atoms with van der Waals surface area (Å²) in [5.74, 6) is -0.154. The lowest BCUT2D eigenvalue weighted by Gasteiger charge is -2.26. The van der Waals surface area contributed by atoms with E-state index in [1.54, 1.807) is 6.07 Å². The van der Waals surface area contributed by atoms with Gasteiger partial charge in [0.05, 0.1) is 15.4 Å². The van der Waals surface area contributed by atoms with Gasteiger partial charge in [0.2, 0.25) is 5.91 Å². The summed E-state index contributed by atoms with van der Waals surface area (Å²) in [6.07, 6.45) is 0. The molecule has 1 N–H and O–H groups in total. The van der Waals surface area contributed by atoms with Gasteiger partial charge in [0, 0.05) is 4.90 Å². The highest BCUT2D eigenvalue weighted by atomic mass is 79.9. The lowest BCUT2D eigenvalue weighted by molar-refractivity contribution is -0.116. The number of nitrogens with one attached hydrogen (secondary N) is 1. The molecule has 1 aliphatic rings.